The summed E-state index contributed by atoms with van der Waals surface area (Å²) in [7, 11) is 1.42. The molecule has 3 heteroatoms. The molecule has 0 radical (unpaired) electrons. The second-order valence-electron chi connectivity index (χ2n) is 6.23. The minimum atomic E-state index is -0.267. The van der Waals surface area contributed by atoms with Gasteiger partial charge in [0.25, 0.3) is 0 Å². The Labute approximate surface area is 121 Å². The normalized spacial score (nSPS) is 26.1. The smallest absolute Gasteiger partial charge is 0.338 e. The van der Waals surface area contributed by atoms with E-state index in [0.29, 0.717) is 11.6 Å². The van der Waals surface area contributed by atoms with Crippen LogP contribution in [0.2, 0.25) is 0 Å². The predicted molar refractivity (Wildman–Crippen MR) is 82.1 cm³/mol. The number of methoxy groups -OCH3 is 1. The van der Waals surface area contributed by atoms with Gasteiger partial charge in [0, 0.05) is 11.7 Å². The summed E-state index contributed by atoms with van der Waals surface area (Å²) >= 11 is 0. The molecule has 2 unspecified atom stereocenters. The predicted octanol–water partition coefficient (Wildman–Crippen LogP) is 4.02. The Morgan fingerprint density at radius 1 is 1.20 bits per heavy atom. The lowest BCUT2D eigenvalue weighted by molar-refractivity contribution is 0.0600. The Morgan fingerprint density at radius 2 is 1.85 bits per heavy atom. The Morgan fingerprint density at radius 3 is 2.45 bits per heavy atom. The first kappa shape index (κ1) is 14.9. The molecule has 1 aromatic rings. The van der Waals surface area contributed by atoms with Crippen molar-refractivity contribution in [3.8, 4) is 0 Å². The largest absolute Gasteiger partial charge is 0.465 e. The molecule has 0 aliphatic heterocycles. The number of hydrogen-bond acceptors (Lipinski definition) is 3. The minimum absolute atomic E-state index is 0.267. The van der Waals surface area contributed by atoms with Gasteiger partial charge in [0.15, 0.2) is 0 Å². The first-order chi connectivity index (χ1) is 9.51. The van der Waals surface area contributed by atoms with Crippen LogP contribution >= 0.6 is 0 Å². The van der Waals surface area contributed by atoms with Crippen LogP contribution in [0.4, 0.5) is 5.69 Å². The van der Waals surface area contributed by atoms with Crippen LogP contribution in [0, 0.1) is 18.8 Å². The number of benzene rings is 1. The molecule has 1 aromatic carbocycles. The third kappa shape index (κ3) is 3.33. The molecule has 110 valence electrons. The van der Waals surface area contributed by atoms with Crippen molar-refractivity contribution in [3.63, 3.8) is 0 Å². The van der Waals surface area contributed by atoms with Crippen molar-refractivity contribution in [2.75, 3.05) is 12.4 Å². The molecular weight excluding hydrogens is 250 g/mol. The fraction of sp³-hybridized carbons (Fsp3) is 0.588. The van der Waals surface area contributed by atoms with Gasteiger partial charge in [-0.3, -0.25) is 0 Å². The molecule has 0 heterocycles. The van der Waals surface area contributed by atoms with Crippen molar-refractivity contribution in [1.29, 1.82) is 0 Å². The quantitative estimate of drug-likeness (QED) is 0.847. The Balaban J connectivity index is 2.15. The molecular formula is C17H25NO2. The summed E-state index contributed by atoms with van der Waals surface area (Å²) < 4.78 is 4.83. The molecule has 1 saturated carbocycles. The maximum absolute atomic E-state index is 11.7. The van der Waals surface area contributed by atoms with E-state index in [1.165, 1.54) is 26.4 Å². The summed E-state index contributed by atoms with van der Waals surface area (Å²) in [5.41, 5.74) is 2.68. The third-order valence-corrected chi connectivity index (χ3v) is 4.28. The van der Waals surface area contributed by atoms with Gasteiger partial charge in [-0.05, 0) is 55.7 Å². The average molecular weight is 275 g/mol. The zero-order chi connectivity index (χ0) is 14.7. The van der Waals surface area contributed by atoms with Crippen molar-refractivity contribution in [2.24, 2.45) is 11.8 Å². The number of hydrogen-bond donors (Lipinski definition) is 1. The molecule has 20 heavy (non-hydrogen) atoms. The number of nitrogens with one attached hydrogen (secondary N) is 1. The molecule has 2 rings (SSSR count). The first-order valence-electron chi connectivity index (χ1n) is 7.45. The molecule has 0 amide bonds. The van der Waals surface area contributed by atoms with Crippen molar-refractivity contribution in [3.05, 3.63) is 29.3 Å². The lowest BCUT2D eigenvalue weighted by atomic mass is 9.80. The van der Waals surface area contributed by atoms with E-state index in [2.05, 4.69) is 19.2 Å². The highest BCUT2D eigenvalue weighted by Gasteiger charge is 2.24. The van der Waals surface area contributed by atoms with Gasteiger partial charge in [0.1, 0.15) is 0 Å². The van der Waals surface area contributed by atoms with E-state index in [0.717, 1.165) is 23.1 Å². The van der Waals surface area contributed by atoms with Crippen molar-refractivity contribution >= 4 is 11.7 Å². The highest BCUT2D eigenvalue weighted by atomic mass is 16.5. The average Bonchev–Trinajstić information content (AvgIpc) is 2.39. The van der Waals surface area contributed by atoms with E-state index in [1.54, 1.807) is 0 Å². The van der Waals surface area contributed by atoms with Crippen LogP contribution in [-0.2, 0) is 4.74 Å². The highest BCUT2D eigenvalue weighted by Crippen LogP contribution is 2.31. The van der Waals surface area contributed by atoms with E-state index in [1.807, 2.05) is 25.1 Å². The Bertz CT molecular complexity index is 474. The fourth-order valence-electron chi connectivity index (χ4n) is 3.41. The molecule has 1 fully saturated rings. The van der Waals surface area contributed by atoms with Gasteiger partial charge in [-0.25, -0.2) is 4.79 Å². The number of carbonyl (C=O) groups excluding carboxylic acids is 1. The van der Waals surface area contributed by atoms with E-state index >= 15 is 0 Å². The number of ether oxygens (including phenoxy) is 1. The second kappa shape index (κ2) is 6.29. The standard InChI is InChI=1S/C17H25NO2/c1-11-8-12(2)10-14(9-11)18-16-7-5-6-15(13(16)3)17(19)20-4/h5-7,11-12,14,18H,8-10H2,1-4H3. The van der Waals surface area contributed by atoms with Crippen LogP contribution in [0.5, 0.6) is 0 Å². The molecule has 0 aromatic heterocycles. The summed E-state index contributed by atoms with van der Waals surface area (Å²) in [5.74, 6) is 1.26. The lowest BCUT2D eigenvalue weighted by Gasteiger charge is -2.33. The molecule has 1 aliphatic carbocycles. The van der Waals surface area contributed by atoms with E-state index in [9.17, 15) is 4.79 Å². The van der Waals surface area contributed by atoms with Gasteiger partial charge in [-0.2, -0.15) is 0 Å². The van der Waals surface area contributed by atoms with Gasteiger partial charge < -0.3 is 10.1 Å². The third-order valence-electron chi connectivity index (χ3n) is 4.28. The lowest BCUT2D eigenvalue weighted by Crippen LogP contribution is -2.30. The van der Waals surface area contributed by atoms with Gasteiger partial charge >= 0.3 is 5.97 Å². The number of esters is 1. The topological polar surface area (TPSA) is 38.3 Å². The molecule has 0 spiro atoms. The number of rotatable bonds is 3. The van der Waals surface area contributed by atoms with E-state index in [4.69, 9.17) is 4.74 Å². The second-order valence-corrected chi connectivity index (χ2v) is 6.23. The Kier molecular flexibility index (Phi) is 4.69. The summed E-state index contributed by atoms with van der Waals surface area (Å²) in [6.07, 6.45) is 3.72. The maximum Gasteiger partial charge on any atom is 0.338 e. The van der Waals surface area contributed by atoms with Gasteiger partial charge in [0.2, 0.25) is 0 Å². The summed E-state index contributed by atoms with van der Waals surface area (Å²) in [6.45, 7) is 6.62. The molecule has 0 saturated heterocycles. The van der Waals surface area contributed by atoms with Crippen molar-refractivity contribution in [1.82, 2.24) is 0 Å². The molecule has 3 nitrogen and oxygen atoms in total. The van der Waals surface area contributed by atoms with Gasteiger partial charge in [-0.1, -0.05) is 19.9 Å². The van der Waals surface area contributed by atoms with E-state index < -0.39 is 0 Å². The minimum Gasteiger partial charge on any atom is -0.465 e. The summed E-state index contributed by atoms with van der Waals surface area (Å²) in [6, 6.07) is 6.28. The maximum atomic E-state index is 11.7. The summed E-state index contributed by atoms with van der Waals surface area (Å²) in [5, 5.41) is 3.62. The molecule has 2 atom stereocenters. The van der Waals surface area contributed by atoms with Crippen LogP contribution in [0.25, 0.3) is 0 Å². The van der Waals surface area contributed by atoms with Crippen LogP contribution in [0.3, 0.4) is 0 Å². The zero-order valence-corrected chi connectivity index (χ0v) is 12.9. The summed E-state index contributed by atoms with van der Waals surface area (Å²) in [4.78, 5) is 11.7. The zero-order valence-electron chi connectivity index (χ0n) is 12.9. The molecule has 1 N–H and O–H groups in total. The number of anilines is 1. The highest BCUT2D eigenvalue weighted by molar-refractivity contribution is 5.92. The fourth-order valence-corrected chi connectivity index (χ4v) is 3.41. The van der Waals surface area contributed by atoms with Crippen LogP contribution in [-0.4, -0.2) is 19.1 Å². The SMILES string of the molecule is COC(=O)c1cccc(NC2CC(C)CC(C)C2)c1C. The van der Waals surface area contributed by atoms with Crippen LogP contribution in [0.15, 0.2) is 18.2 Å². The first-order valence-corrected chi connectivity index (χ1v) is 7.45. The van der Waals surface area contributed by atoms with Crippen molar-refractivity contribution < 1.29 is 9.53 Å². The van der Waals surface area contributed by atoms with Crippen LogP contribution in [0.1, 0.15) is 49.0 Å². The molecule has 1 aliphatic rings. The monoisotopic (exact) mass is 275 g/mol. The Hall–Kier alpha value is -1.51. The van der Waals surface area contributed by atoms with Crippen LogP contribution < -0.4 is 5.32 Å². The number of carbonyl (C=O) groups is 1. The van der Waals surface area contributed by atoms with E-state index in [-0.39, 0.29) is 5.97 Å². The van der Waals surface area contributed by atoms with Gasteiger partial charge in [0.05, 0.1) is 12.7 Å². The van der Waals surface area contributed by atoms with Gasteiger partial charge in [-0.15, -0.1) is 0 Å². The van der Waals surface area contributed by atoms with Crippen molar-refractivity contribution in [2.45, 2.75) is 46.1 Å². The molecule has 0 bridgehead atoms.